The van der Waals surface area contributed by atoms with Gasteiger partial charge in [-0.05, 0) is 24.3 Å². The zero-order valence-corrected chi connectivity index (χ0v) is 12.8. The summed E-state index contributed by atoms with van der Waals surface area (Å²) in [4.78, 5) is 0.231. The van der Waals surface area contributed by atoms with Crippen LogP contribution in [0, 0.1) is 0 Å². The van der Waals surface area contributed by atoms with Gasteiger partial charge in [0.25, 0.3) is 0 Å². The summed E-state index contributed by atoms with van der Waals surface area (Å²) in [6, 6.07) is 13.6. The molecule has 2 aromatic rings. The molecule has 0 aliphatic rings. The number of sulfonamides is 1. The highest BCUT2D eigenvalue weighted by atomic mass is 32.2. The predicted molar refractivity (Wildman–Crippen MR) is 82.7 cm³/mol. The number of anilines is 1. The van der Waals surface area contributed by atoms with Gasteiger partial charge in [0.2, 0.25) is 10.0 Å². The number of rotatable bonds is 5. The van der Waals surface area contributed by atoms with E-state index in [1.807, 2.05) is 12.1 Å². The fourth-order valence-corrected chi connectivity index (χ4v) is 2.78. The number of benzene rings is 2. The second-order valence-corrected chi connectivity index (χ2v) is 6.95. The summed E-state index contributed by atoms with van der Waals surface area (Å²) in [6.45, 7) is 0.415. The quantitative estimate of drug-likeness (QED) is 0.889. The van der Waals surface area contributed by atoms with E-state index in [1.54, 1.807) is 36.4 Å². The van der Waals surface area contributed by atoms with Gasteiger partial charge in [0.15, 0.2) is 0 Å². The molecule has 0 aliphatic carbocycles. The number of para-hydroxylation sites is 1. The smallest absolute Gasteiger partial charge is 0.242 e. The molecular formula is C15H18N2O3S. The van der Waals surface area contributed by atoms with Crippen molar-refractivity contribution in [3.8, 4) is 5.75 Å². The van der Waals surface area contributed by atoms with Crippen LogP contribution in [0.2, 0.25) is 0 Å². The topological polar surface area (TPSA) is 69.6 Å². The maximum Gasteiger partial charge on any atom is 0.242 e. The molecule has 0 aliphatic heterocycles. The molecule has 2 N–H and O–H groups in total. The van der Waals surface area contributed by atoms with Crippen LogP contribution in [0.3, 0.4) is 0 Å². The summed E-state index contributed by atoms with van der Waals surface area (Å²) in [5, 5.41) is 12.8. The molecule has 112 valence electrons. The number of hydrogen-bond donors (Lipinski definition) is 2. The summed E-state index contributed by atoms with van der Waals surface area (Å²) in [7, 11) is -0.452. The molecule has 0 atom stereocenters. The van der Waals surface area contributed by atoms with Gasteiger partial charge in [-0.15, -0.1) is 0 Å². The third-order valence-electron chi connectivity index (χ3n) is 3.09. The maximum absolute atomic E-state index is 12.1. The molecule has 6 heteroatoms. The Morgan fingerprint density at radius 2 is 1.81 bits per heavy atom. The van der Waals surface area contributed by atoms with Crippen molar-refractivity contribution in [3.05, 3.63) is 54.1 Å². The van der Waals surface area contributed by atoms with Crippen molar-refractivity contribution >= 4 is 15.7 Å². The van der Waals surface area contributed by atoms with E-state index in [-0.39, 0.29) is 10.6 Å². The zero-order chi connectivity index (χ0) is 15.5. The summed E-state index contributed by atoms with van der Waals surface area (Å²) < 4.78 is 25.3. The summed E-state index contributed by atoms with van der Waals surface area (Å²) in [6.07, 6.45) is 0. The Labute approximate surface area is 124 Å². The number of phenols is 1. The third kappa shape index (κ3) is 3.53. The van der Waals surface area contributed by atoms with Crippen LogP contribution in [0.4, 0.5) is 5.69 Å². The first kappa shape index (κ1) is 15.3. The van der Waals surface area contributed by atoms with Gasteiger partial charge in [0.05, 0.1) is 4.90 Å². The Hall–Kier alpha value is -2.05. The van der Waals surface area contributed by atoms with Crippen molar-refractivity contribution in [1.82, 2.24) is 4.31 Å². The predicted octanol–water partition coefficient (Wildman–Crippen LogP) is 2.25. The van der Waals surface area contributed by atoms with Crippen LogP contribution >= 0.6 is 0 Å². The minimum Gasteiger partial charge on any atom is -0.508 e. The molecule has 0 bridgehead atoms. The number of aromatic hydroxyl groups is 1. The second kappa shape index (κ2) is 6.15. The number of phenolic OH excluding ortho intramolecular Hbond substituents is 1. The van der Waals surface area contributed by atoms with Crippen LogP contribution in [0.1, 0.15) is 5.56 Å². The monoisotopic (exact) mass is 306 g/mol. The molecule has 0 unspecified atom stereocenters. The van der Waals surface area contributed by atoms with Crippen LogP contribution in [0.5, 0.6) is 5.75 Å². The van der Waals surface area contributed by atoms with Gasteiger partial charge in [-0.1, -0.05) is 24.3 Å². The second-order valence-electron chi connectivity index (χ2n) is 4.80. The van der Waals surface area contributed by atoms with Gasteiger partial charge in [0.1, 0.15) is 5.75 Å². The first-order valence-corrected chi connectivity index (χ1v) is 7.88. The van der Waals surface area contributed by atoms with Gasteiger partial charge in [0, 0.05) is 31.9 Å². The SMILES string of the molecule is CN(C)S(=O)(=O)c1cccc(NCc2ccccc2O)c1. The van der Waals surface area contributed by atoms with Crippen LogP contribution in [-0.2, 0) is 16.6 Å². The first-order valence-electron chi connectivity index (χ1n) is 6.44. The largest absolute Gasteiger partial charge is 0.508 e. The van der Waals surface area contributed by atoms with Crippen molar-refractivity contribution in [2.75, 3.05) is 19.4 Å². The number of nitrogens with zero attached hydrogens (tertiary/aromatic N) is 1. The van der Waals surface area contributed by atoms with Gasteiger partial charge < -0.3 is 10.4 Å². The summed E-state index contributed by atoms with van der Waals surface area (Å²) in [5.41, 5.74) is 1.43. The van der Waals surface area contributed by atoms with E-state index in [9.17, 15) is 13.5 Å². The standard InChI is InChI=1S/C15H18N2O3S/c1-17(2)21(19,20)14-8-5-7-13(10-14)16-11-12-6-3-4-9-15(12)18/h3-10,16,18H,11H2,1-2H3. The molecule has 5 nitrogen and oxygen atoms in total. The van der Waals surface area contributed by atoms with Gasteiger partial charge in [-0.3, -0.25) is 0 Å². The molecule has 0 radical (unpaired) electrons. The lowest BCUT2D eigenvalue weighted by Crippen LogP contribution is -2.22. The average molecular weight is 306 g/mol. The van der Waals surface area contributed by atoms with E-state index in [0.29, 0.717) is 12.2 Å². The molecule has 0 heterocycles. The Balaban J connectivity index is 2.18. The van der Waals surface area contributed by atoms with Crippen molar-refractivity contribution in [3.63, 3.8) is 0 Å². The molecule has 21 heavy (non-hydrogen) atoms. The Kier molecular flexibility index (Phi) is 4.50. The van der Waals surface area contributed by atoms with Crippen LogP contribution < -0.4 is 5.32 Å². The van der Waals surface area contributed by atoms with Crippen LogP contribution in [-0.4, -0.2) is 31.9 Å². The summed E-state index contributed by atoms with van der Waals surface area (Å²) >= 11 is 0. The number of nitrogens with one attached hydrogen (secondary N) is 1. The van der Waals surface area contributed by atoms with Gasteiger partial charge in [-0.2, -0.15) is 0 Å². The van der Waals surface area contributed by atoms with Gasteiger partial charge >= 0.3 is 0 Å². The molecule has 0 spiro atoms. The Morgan fingerprint density at radius 3 is 2.48 bits per heavy atom. The fraction of sp³-hybridized carbons (Fsp3) is 0.200. The fourth-order valence-electron chi connectivity index (χ4n) is 1.83. The molecule has 0 saturated carbocycles. The molecule has 2 rings (SSSR count). The number of hydrogen-bond acceptors (Lipinski definition) is 4. The lowest BCUT2D eigenvalue weighted by atomic mass is 10.2. The lowest BCUT2D eigenvalue weighted by molar-refractivity contribution is 0.469. The Bertz CT molecular complexity index is 727. The maximum atomic E-state index is 12.1. The van der Waals surface area contributed by atoms with Gasteiger partial charge in [-0.25, -0.2) is 12.7 Å². The molecule has 0 fully saturated rings. The van der Waals surface area contributed by atoms with E-state index < -0.39 is 10.0 Å². The van der Waals surface area contributed by atoms with Crippen LogP contribution in [0.25, 0.3) is 0 Å². The summed E-state index contributed by atoms with van der Waals surface area (Å²) in [5.74, 6) is 0.210. The highest BCUT2D eigenvalue weighted by molar-refractivity contribution is 7.89. The van der Waals surface area contributed by atoms with E-state index in [4.69, 9.17) is 0 Å². The molecule has 2 aromatic carbocycles. The van der Waals surface area contributed by atoms with Crippen molar-refractivity contribution < 1.29 is 13.5 Å². The molecule has 0 saturated heterocycles. The average Bonchev–Trinajstić information content (AvgIpc) is 2.46. The van der Waals surface area contributed by atoms with E-state index >= 15 is 0 Å². The van der Waals surface area contributed by atoms with Crippen LogP contribution in [0.15, 0.2) is 53.4 Å². The van der Waals surface area contributed by atoms with E-state index in [2.05, 4.69) is 5.32 Å². The van der Waals surface area contributed by atoms with Crippen molar-refractivity contribution in [2.24, 2.45) is 0 Å². The Morgan fingerprint density at radius 1 is 1.10 bits per heavy atom. The van der Waals surface area contributed by atoms with E-state index in [1.165, 1.54) is 18.4 Å². The van der Waals surface area contributed by atoms with Crippen molar-refractivity contribution in [1.29, 1.82) is 0 Å². The minimum atomic E-state index is -3.45. The molecule has 0 aromatic heterocycles. The first-order chi connectivity index (χ1) is 9.91. The normalized spacial score (nSPS) is 11.6. The lowest BCUT2D eigenvalue weighted by Gasteiger charge is -2.13. The minimum absolute atomic E-state index is 0.210. The molecular weight excluding hydrogens is 288 g/mol. The third-order valence-corrected chi connectivity index (χ3v) is 4.90. The highest BCUT2D eigenvalue weighted by Crippen LogP contribution is 2.20. The van der Waals surface area contributed by atoms with Crippen molar-refractivity contribution in [2.45, 2.75) is 11.4 Å². The molecule has 0 amide bonds. The highest BCUT2D eigenvalue weighted by Gasteiger charge is 2.17. The zero-order valence-electron chi connectivity index (χ0n) is 11.9. The van der Waals surface area contributed by atoms with E-state index in [0.717, 1.165) is 5.56 Å².